The Bertz CT molecular complexity index is 447. The molecule has 1 rings (SSSR count). The molecule has 0 radical (unpaired) electrons. The second-order valence-corrected chi connectivity index (χ2v) is 5.00. The van der Waals surface area contributed by atoms with Crippen LogP contribution in [0, 0.1) is 0 Å². The van der Waals surface area contributed by atoms with Gasteiger partial charge in [0.2, 0.25) is 11.6 Å². The first-order valence-electron chi connectivity index (χ1n) is 5.52. The Morgan fingerprint density at radius 3 is 2.50 bits per heavy atom. The molecule has 1 aromatic heterocycles. The third-order valence-corrected chi connectivity index (χ3v) is 1.93. The van der Waals surface area contributed by atoms with Crippen LogP contribution in [-0.2, 0) is 11.8 Å². The fourth-order valence-electron chi connectivity index (χ4n) is 1.16. The number of hydrogen-bond acceptors (Lipinski definition) is 5. The van der Waals surface area contributed by atoms with Gasteiger partial charge in [-0.05, 0) is 20.8 Å². The summed E-state index contributed by atoms with van der Waals surface area (Å²) in [5.74, 6) is -0.239. The number of aryl methyl sites for hydroxylation is 1. The standard InChI is InChI=1S/C11H18N4O3/c1-11(2,3)18-10(17)14(4)6-8(16)9-12-7-15(5)13-9/h7H,6H2,1-5H3. The highest BCUT2D eigenvalue weighted by atomic mass is 16.6. The summed E-state index contributed by atoms with van der Waals surface area (Å²) in [6.07, 6.45) is 0.882. The summed E-state index contributed by atoms with van der Waals surface area (Å²) in [4.78, 5) is 28.4. The lowest BCUT2D eigenvalue weighted by atomic mass is 10.2. The van der Waals surface area contributed by atoms with E-state index in [0.717, 1.165) is 0 Å². The Morgan fingerprint density at radius 1 is 1.44 bits per heavy atom. The molecule has 0 aromatic carbocycles. The predicted octanol–water partition coefficient (Wildman–Crippen LogP) is 0.865. The number of aromatic nitrogens is 3. The van der Waals surface area contributed by atoms with Crippen molar-refractivity contribution in [3.63, 3.8) is 0 Å². The number of rotatable bonds is 3. The zero-order valence-electron chi connectivity index (χ0n) is 11.3. The molecule has 0 bridgehead atoms. The minimum atomic E-state index is -0.586. The van der Waals surface area contributed by atoms with Crippen molar-refractivity contribution in [1.82, 2.24) is 19.7 Å². The van der Waals surface area contributed by atoms with Gasteiger partial charge in [0.15, 0.2) is 0 Å². The summed E-state index contributed by atoms with van der Waals surface area (Å²) < 4.78 is 6.56. The smallest absolute Gasteiger partial charge is 0.410 e. The van der Waals surface area contributed by atoms with Crippen molar-refractivity contribution in [2.75, 3.05) is 13.6 Å². The molecule has 100 valence electrons. The number of likely N-dealkylation sites (N-methyl/N-ethyl adjacent to an activating group) is 1. The summed E-state index contributed by atoms with van der Waals surface area (Å²) in [6, 6.07) is 0. The molecule has 7 nitrogen and oxygen atoms in total. The SMILES string of the molecule is CN(CC(=O)c1ncn(C)n1)C(=O)OC(C)(C)C. The quantitative estimate of drug-likeness (QED) is 0.748. The average molecular weight is 254 g/mol. The van der Waals surface area contributed by atoms with Gasteiger partial charge < -0.3 is 9.64 Å². The molecule has 7 heteroatoms. The minimum Gasteiger partial charge on any atom is -0.444 e. The molecule has 1 heterocycles. The third-order valence-electron chi connectivity index (χ3n) is 1.93. The number of hydrogen-bond donors (Lipinski definition) is 0. The van der Waals surface area contributed by atoms with Gasteiger partial charge in [0.25, 0.3) is 0 Å². The molecule has 1 aromatic rings. The molecular weight excluding hydrogens is 236 g/mol. The molecule has 0 aliphatic rings. The Hall–Kier alpha value is -1.92. The molecule has 0 saturated carbocycles. The van der Waals surface area contributed by atoms with Crippen molar-refractivity contribution in [3.05, 3.63) is 12.2 Å². The topological polar surface area (TPSA) is 77.3 Å². The highest BCUT2D eigenvalue weighted by Crippen LogP contribution is 2.09. The Kier molecular flexibility index (Phi) is 4.05. The van der Waals surface area contributed by atoms with Crippen LogP contribution < -0.4 is 0 Å². The lowest BCUT2D eigenvalue weighted by Crippen LogP contribution is -2.37. The average Bonchev–Trinajstić information content (AvgIpc) is 2.62. The van der Waals surface area contributed by atoms with E-state index < -0.39 is 11.7 Å². The summed E-state index contributed by atoms with van der Waals surface area (Å²) in [7, 11) is 3.16. The fourth-order valence-corrected chi connectivity index (χ4v) is 1.16. The summed E-state index contributed by atoms with van der Waals surface area (Å²) in [5, 5.41) is 3.87. The van der Waals surface area contributed by atoms with Crippen molar-refractivity contribution in [1.29, 1.82) is 0 Å². The largest absolute Gasteiger partial charge is 0.444 e. The first-order chi connectivity index (χ1) is 8.19. The van der Waals surface area contributed by atoms with Gasteiger partial charge >= 0.3 is 6.09 Å². The molecule has 0 aliphatic carbocycles. The fraction of sp³-hybridized carbons (Fsp3) is 0.636. The van der Waals surface area contributed by atoms with Gasteiger partial charge in [0.1, 0.15) is 11.9 Å². The van der Waals surface area contributed by atoms with E-state index in [-0.39, 0.29) is 18.2 Å². The molecule has 0 N–H and O–H groups in total. The molecular formula is C11H18N4O3. The summed E-state index contributed by atoms with van der Waals surface area (Å²) >= 11 is 0. The highest BCUT2D eigenvalue weighted by molar-refractivity contribution is 5.95. The molecule has 0 fully saturated rings. The van der Waals surface area contributed by atoms with E-state index in [9.17, 15) is 9.59 Å². The van der Waals surface area contributed by atoms with Crippen LogP contribution in [0.2, 0.25) is 0 Å². The van der Waals surface area contributed by atoms with Crippen LogP contribution in [0.25, 0.3) is 0 Å². The number of ketones is 1. The zero-order chi connectivity index (χ0) is 13.9. The molecule has 0 unspecified atom stereocenters. The van der Waals surface area contributed by atoms with Gasteiger partial charge in [-0.25, -0.2) is 9.78 Å². The van der Waals surface area contributed by atoms with Crippen LogP contribution in [0.5, 0.6) is 0 Å². The van der Waals surface area contributed by atoms with E-state index in [1.165, 1.54) is 23.0 Å². The molecule has 18 heavy (non-hydrogen) atoms. The van der Waals surface area contributed by atoms with E-state index >= 15 is 0 Å². The van der Waals surface area contributed by atoms with Crippen molar-refractivity contribution < 1.29 is 14.3 Å². The second kappa shape index (κ2) is 5.16. The summed E-state index contributed by atoms with van der Waals surface area (Å²) in [5.41, 5.74) is -0.586. The maximum absolute atomic E-state index is 11.8. The number of carbonyl (C=O) groups is 2. The number of amides is 1. The molecule has 0 aliphatic heterocycles. The summed E-state index contributed by atoms with van der Waals surface area (Å²) in [6.45, 7) is 5.18. The molecule has 1 amide bonds. The maximum Gasteiger partial charge on any atom is 0.410 e. The van der Waals surface area contributed by atoms with Crippen LogP contribution >= 0.6 is 0 Å². The van der Waals surface area contributed by atoms with Crippen LogP contribution in [0.3, 0.4) is 0 Å². The van der Waals surface area contributed by atoms with Gasteiger partial charge in [-0.1, -0.05) is 0 Å². The van der Waals surface area contributed by atoms with E-state index in [2.05, 4.69) is 10.1 Å². The second-order valence-electron chi connectivity index (χ2n) is 5.00. The van der Waals surface area contributed by atoms with Gasteiger partial charge in [0.05, 0.1) is 6.54 Å². The van der Waals surface area contributed by atoms with E-state index in [0.29, 0.717) is 0 Å². The van der Waals surface area contributed by atoms with Crippen LogP contribution in [-0.4, -0.2) is 50.7 Å². The van der Waals surface area contributed by atoms with Gasteiger partial charge in [-0.3, -0.25) is 9.48 Å². The molecule has 0 atom stereocenters. The van der Waals surface area contributed by atoms with E-state index in [1.807, 2.05) is 0 Å². The van der Waals surface area contributed by atoms with Crippen LogP contribution in [0.1, 0.15) is 31.4 Å². The van der Waals surface area contributed by atoms with Gasteiger partial charge in [-0.15, -0.1) is 5.10 Å². The van der Waals surface area contributed by atoms with Crippen molar-refractivity contribution in [3.8, 4) is 0 Å². The number of ether oxygens (including phenoxy) is 1. The third kappa shape index (κ3) is 4.15. The minimum absolute atomic E-state index is 0.0907. The lowest BCUT2D eigenvalue weighted by molar-refractivity contribution is 0.0294. The first-order valence-corrected chi connectivity index (χ1v) is 5.52. The van der Waals surface area contributed by atoms with Gasteiger partial charge in [-0.2, -0.15) is 0 Å². The van der Waals surface area contributed by atoms with Crippen LogP contribution in [0.15, 0.2) is 6.33 Å². The number of nitrogens with zero attached hydrogens (tertiary/aromatic N) is 4. The highest BCUT2D eigenvalue weighted by Gasteiger charge is 2.22. The Balaban J connectivity index is 2.57. The maximum atomic E-state index is 11.8. The lowest BCUT2D eigenvalue weighted by Gasteiger charge is -2.23. The Morgan fingerprint density at radius 2 is 2.06 bits per heavy atom. The first kappa shape index (κ1) is 14.1. The normalized spacial score (nSPS) is 11.2. The van der Waals surface area contributed by atoms with Crippen LogP contribution in [0.4, 0.5) is 4.79 Å². The van der Waals surface area contributed by atoms with E-state index in [1.54, 1.807) is 27.8 Å². The molecule has 0 saturated heterocycles. The van der Waals surface area contributed by atoms with Gasteiger partial charge in [0, 0.05) is 14.1 Å². The van der Waals surface area contributed by atoms with E-state index in [4.69, 9.17) is 4.74 Å². The van der Waals surface area contributed by atoms with Crippen molar-refractivity contribution >= 4 is 11.9 Å². The zero-order valence-corrected chi connectivity index (χ0v) is 11.3. The Labute approximate surface area is 106 Å². The van der Waals surface area contributed by atoms with Crippen molar-refractivity contribution in [2.45, 2.75) is 26.4 Å². The molecule has 0 spiro atoms. The monoisotopic (exact) mass is 254 g/mol. The predicted molar refractivity (Wildman–Crippen MR) is 64.2 cm³/mol. The number of carbonyl (C=O) groups excluding carboxylic acids is 2. The number of Topliss-reactive ketones (excluding diaryl/α,β-unsaturated/α-hetero) is 1. The van der Waals surface area contributed by atoms with Crippen molar-refractivity contribution in [2.24, 2.45) is 7.05 Å².